The number of amides is 2. The van der Waals surface area contributed by atoms with E-state index >= 15 is 0 Å². The monoisotopic (exact) mass is 408 g/mol. The summed E-state index contributed by atoms with van der Waals surface area (Å²) < 4.78 is 1.42. The molecule has 0 bridgehead atoms. The molecule has 3 unspecified atom stereocenters. The lowest BCUT2D eigenvalue weighted by molar-refractivity contribution is -0.163. The Bertz CT molecular complexity index is 525. The largest absolute Gasteiger partial charge is 0.480 e. The molecule has 0 aromatic carbocycles. The van der Waals surface area contributed by atoms with Crippen LogP contribution in [0.15, 0.2) is 0 Å². The van der Waals surface area contributed by atoms with Crippen molar-refractivity contribution in [1.29, 1.82) is 0 Å². The topological polar surface area (TPSA) is 127 Å². The number of hydrogen-bond acceptors (Lipinski definition) is 7. The minimum Gasteiger partial charge on any atom is -0.480 e. The van der Waals surface area contributed by atoms with Crippen LogP contribution >= 0.6 is 24.0 Å². The van der Waals surface area contributed by atoms with Gasteiger partial charge in [-0.25, -0.2) is 0 Å². The van der Waals surface area contributed by atoms with Crippen molar-refractivity contribution < 1.29 is 29.7 Å². The van der Waals surface area contributed by atoms with Crippen LogP contribution in [0.25, 0.3) is 0 Å². The van der Waals surface area contributed by atoms with Gasteiger partial charge >= 0.3 is 5.97 Å². The molecular weight excluding hydrogens is 380 g/mol. The first-order valence-electron chi connectivity index (χ1n) is 8.01. The molecule has 10 heteroatoms. The lowest BCUT2D eigenvalue weighted by Crippen LogP contribution is -2.50. The standard InChI is InChI=1S/C16H28N2O6S2/c1-9(14(21)22)17-12(19)11(16(2,3)15(23)24)6-10(7-26-8-25)13(20)18(4)5/h8-11,15,23-24H,6-7H2,1-5H3,(H,17,19)(H,21,22). The molecule has 26 heavy (non-hydrogen) atoms. The number of thiocarbonyl (C=S) groups is 1. The summed E-state index contributed by atoms with van der Waals surface area (Å²) >= 11 is 6.02. The Morgan fingerprint density at radius 3 is 2.19 bits per heavy atom. The first-order chi connectivity index (χ1) is 11.9. The molecule has 150 valence electrons. The third-order valence-corrected chi connectivity index (χ3v) is 5.42. The molecule has 0 heterocycles. The van der Waals surface area contributed by atoms with Gasteiger partial charge in [0, 0.05) is 41.8 Å². The Morgan fingerprint density at radius 1 is 1.27 bits per heavy atom. The molecule has 0 aliphatic carbocycles. The van der Waals surface area contributed by atoms with E-state index in [0.29, 0.717) is 5.75 Å². The number of carboxylic acids is 1. The van der Waals surface area contributed by atoms with Crippen LogP contribution in [-0.2, 0) is 14.4 Å². The van der Waals surface area contributed by atoms with Crippen LogP contribution in [0.2, 0.25) is 0 Å². The van der Waals surface area contributed by atoms with E-state index in [1.807, 2.05) is 0 Å². The van der Waals surface area contributed by atoms with Crippen LogP contribution in [0.5, 0.6) is 0 Å². The van der Waals surface area contributed by atoms with E-state index in [4.69, 9.17) is 17.3 Å². The summed E-state index contributed by atoms with van der Waals surface area (Å²) in [6.45, 7) is 4.28. The number of aliphatic carboxylic acids is 1. The Kier molecular flexibility index (Phi) is 10.3. The number of aliphatic hydroxyl groups excluding tert-OH is 1. The zero-order valence-electron chi connectivity index (χ0n) is 15.6. The highest BCUT2D eigenvalue weighted by molar-refractivity contribution is 8.20. The molecule has 0 aromatic rings. The lowest BCUT2D eigenvalue weighted by Gasteiger charge is -2.37. The zero-order chi connectivity index (χ0) is 20.7. The molecule has 0 rings (SSSR count). The third-order valence-electron chi connectivity index (χ3n) is 4.28. The van der Waals surface area contributed by atoms with Gasteiger partial charge < -0.3 is 25.5 Å². The number of carbonyl (C=O) groups excluding carboxylic acids is 2. The van der Waals surface area contributed by atoms with E-state index in [1.165, 1.54) is 42.1 Å². The van der Waals surface area contributed by atoms with E-state index in [2.05, 4.69) is 5.32 Å². The first-order valence-corrected chi connectivity index (χ1v) is 9.53. The van der Waals surface area contributed by atoms with Crippen molar-refractivity contribution in [2.24, 2.45) is 17.3 Å². The maximum absolute atomic E-state index is 12.7. The highest BCUT2D eigenvalue weighted by atomic mass is 32.2. The molecule has 0 spiro atoms. The number of carboxylic acid groups (broad SMARTS) is 1. The van der Waals surface area contributed by atoms with Crippen molar-refractivity contribution in [3.63, 3.8) is 0 Å². The first kappa shape index (κ1) is 24.8. The van der Waals surface area contributed by atoms with Gasteiger partial charge in [-0.15, -0.1) is 11.8 Å². The number of aliphatic hydroxyl groups is 2. The van der Waals surface area contributed by atoms with Crippen LogP contribution in [0.3, 0.4) is 0 Å². The molecule has 2 amide bonds. The highest BCUT2D eigenvalue weighted by Crippen LogP contribution is 2.36. The minimum absolute atomic E-state index is 0.0238. The Balaban J connectivity index is 5.67. The van der Waals surface area contributed by atoms with Crippen molar-refractivity contribution in [1.82, 2.24) is 10.2 Å². The molecular formula is C16H28N2O6S2. The predicted octanol–water partition coefficient (Wildman–Crippen LogP) is 0.314. The summed E-state index contributed by atoms with van der Waals surface area (Å²) in [5.41, 5.74) is -1.30. The molecule has 0 saturated heterocycles. The van der Waals surface area contributed by atoms with Gasteiger partial charge in [0.25, 0.3) is 0 Å². The molecule has 0 aromatic heterocycles. The second-order valence-corrected chi connectivity index (χ2v) is 8.35. The molecule has 0 saturated carbocycles. The van der Waals surface area contributed by atoms with Crippen molar-refractivity contribution in [2.75, 3.05) is 19.8 Å². The van der Waals surface area contributed by atoms with Gasteiger partial charge in [-0.3, -0.25) is 14.4 Å². The maximum Gasteiger partial charge on any atom is 0.325 e. The minimum atomic E-state index is -1.83. The fourth-order valence-electron chi connectivity index (χ4n) is 2.35. The Hall–Kier alpha value is -1.23. The lowest BCUT2D eigenvalue weighted by atomic mass is 9.73. The second-order valence-electron chi connectivity index (χ2n) is 6.91. The van der Waals surface area contributed by atoms with E-state index in [9.17, 15) is 24.6 Å². The average Bonchev–Trinajstić information content (AvgIpc) is 2.53. The van der Waals surface area contributed by atoms with Gasteiger partial charge in [0.15, 0.2) is 6.29 Å². The number of nitrogens with zero attached hydrogens (tertiary/aromatic N) is 1. The van der Waals surface area contributed by atoms with Gasteiger partial charge in [0.05, 0.1) is 0 Å². The highest BCUT2D eigenvalue weighted by Gasteiger charge is 2.43. The summed E-state index contributed by atoms with van der Waals surface area (Å²) in [7, 11) is 3.18. The SMILES string of the molecule is CC(NC(=O)C(CC(CSC=S)C(=O)N(C)C)C(C)(C)C(O)O)C(=O)O. The van der Waals surface area contributed by atoms with Gasteiger partial charge in [-0.2, -0.15) is 0 Å². The zero-order valence-corrected chi connectivity index (χ0v) is 17.3. The maximum atomic E-state index is 12.7. The van der Waals surface area contributed by atoms with Crippen LogP contribution in [0, 0.1) is 17.3 Å². The molecule has 3 atom stereocenters. The number of rotatable bonds is 11. The van der Waals surface area contributed by atoms with Crippen molar-refractivity contribution in [3.05, 3.63) is 0 Å². The molecule has 0 fully saturated rings. The van der Waals surface area contributed by atoms with Crippen LogP contribution in [0.1, 0.15) is 27.2 Å². The molecule has 0 radical (unpaired) electrons. The van der Waals surface area contributed by atoms with Gasteiger partial charge in [0.2, 0.25) is 11.8 Å². The molecule has 0 aliphatic rings. The number of carbonyl (C=O) groups is 3. The van der Waals surface area contributed by atoms with E-state index < -0.39 is 41.5 Å². The second kappa shape index (κ2) is 10.8. The van der Waals surface area contributed by atoms with E-state index in [1.54, 1.807) is 14.1 Å². The summed E-state index contributed by atoms with van der Waals surface area (Å²) in [6, 6.07) is -1.14. The van der Waals surface area contributed by atoms with Gasteiger partial charge in [-0.05, 0) is 13.3 Å². The molecule has 4 N–H and O–H groups in total. The number of hydrogen-bond donors (Lipinski definition) is 4. The predicted molar refractivity (Wildman–Crippen MR) is 104 cm³/mol. The average molecular weight is 409 g/mol. The summed E-state index contributed by atoms with van der Waals surface area (Å²) in [4.78, 5) is 37.5. The number of nitrogens with one attached hydrogen (secondary N) is 1. The fraction of sp³-hybridized carbons (Fsp3) is 0.750. The molecule has 8 nitrogen and oxygen atoms in total. The van der Waals surface area contributed by atoms with E-state index in [0.717, 1.165) is 0 Å². The van der Waals surface area contributed by atoms with E-state index in [-0.39, 0.29) is 12.3 Å². The summed E-state index contributed by atoms with van der Waals surface area (Å²) in [5.74, 6) is -3.34. The summed E-state index contributed by atoms with van der Waals surface area (Å²) in [6.07, 6.45) is -1.80. The normalized spacial score (nSPS) is 15.1. The Labute approximate surface area is 163 Å². The third kappa shape index (κ3) is 7.18. The van der Waals surface area contributed by atoms with Crippen molar-refractivity contribution in [2.45, 2.75) is 39.5 Å². The Morgan fingerprint density at radius 2 is 1.81 bits per heavy atom. The van der Waals surface area contributed by atoms with Gasteiger partial charge in [0.1, 0.15) is 6.04 Å². The van der Waals surface area contributed by atoms with Crippen LogP contribution in [-0.4, -0.2) is 74.9 Å². The quantitative estimate of drug-likeness (QED) is 0.284. The summed E-state index contributed by atoms with van der Waals surface area (Å²) in [5, 5.41) is 30.8. The van der Waals surface area contributed by atoms with Gasteiger partial charge in [-0.1, -0.05) is 26.1 Å². The van der Waals surface area contributed by atoms with Crippen molar-refractivity contribution in [3.8, 4) is 0 Å². The molecule has 0 aliphatic heterocycles. The van der Waals surface area contributed by atoms with Crippen molar-refractivity contribution >= 4 is 46.5 Å². The number of thioether (sulfide) groups is 1. The van der Waals surface area contributed by atoms with Crippen LogP contribution < -0.4 is 5.32 Å². The smallest absolute Gasteiger partial charge is 0.325 e. The fourth-order valence-corrected chi connectivity index (χ4v) is 3.17. The van der Waals surface area contributed by atoms with Crippen LogP contribution in [0.4, 0.5) is 0 Å².